The first kappa shape index (κ1) is 12.5. The molecule has 0 aromatic heterocycles. The maximum atomic E-state index is 8.93. The first-order chi connectivity index (χ1) is 6.12. The van der Waals surface area contributed by atoms with Crippen molar-refractivity contribution >= 4 is 0 Å². The van der Waals surface area contributed by atoms with Crippen LogP contribution in [0, 0.1) is 17.3 Å². The number of hydrogen-bond acceptors (Lipinski definition) is 1. The van der Waals surface area contributed by atoms with Gasteiger partial charge < -0.3 is 5.11 Å². The molecular formula is C12H22O. The summed E-state index contributed by atoms with van der Waals surface area (Å²) in [4.78, 5) is 0. The van der Waals surface area contributed by atoms with Gasteiger partial charge in [-0.15, -0.1) is 5.92 Å². The molecule has 0 aliphatic carbocycles. The van der Waals surface area contributed by atoms with Crippen LogP contribution in [0.15, 0.2) is 0 Å². The standard InChI is InChI=1S/C12H22O/c1-4-5-6-7-8-9-10-12(2,3)11-13/h13H,4-8,11H2,1-3H3. The van der Waals surface area contributed by atoms with E-state index in [1.54, 1.807) is 0 Å². The van der Waals surface area contributed by atoms with Crippen LogP contribution in [0.25, 0.3) is 0 Å². The third kappa shape index (κ3) is 7.87. The molecule has 0 amide bonds. The predicted molar refractivity (Wildman–Crippen MR) is 57.4 cm³/mol. The fourth-order valence-corrected chi connectivity index (χ4v) is 0.981. The molecule has 0 spiro atoms. The summed E-state index contributed by atoms with van der Waals surface area (Å²) in [5, 5.41) is 8.93. The maximum Gasteiger partial charge on any atom is 0.0591 e. The molecule has 76 valence electrons. The second-order valence-electron chi connectivity index (χ2n) is 4.15. The van der Waals surface area contributed by atoms with Crippen molar-refractivity contribution in [3.05, 3.63) is 0 Å². The zero-order chi connectivity index (χ0) is 10.2. The van der Waals surface area contributed by atoms with E-state index >= 15 is 0 Å². The molecule has 0 rings (SSSR count). The predicted octanol–water partition coefficient (Wildman–Crippen LogP) is 2.98. The highest BCUT2D eigenvalue weighted by atomic mass is 16.3. The summed E-state index contributed by atoms with van der Waals surface area (Å²) in [7, 11) is 0. The smallest absolute Gasteiger partial charge is 0.0591 e. The Morgan fingerprint density at radius 3 is 2.38 bits per heavy atom. The maximum absolute atomic E-state index is 8.93. The summed E-state index contributed by atoms with van der Waals surface area (Å²) >= 11 is 0. The van der Waals surface area contributed by atoms with Gasteiger partial charge in [0.25, 0.3) is 0 Å². The van der Waals surface area contributed by atoms with Crippen LogP contribution >= 0.6 is 0 Å². The fraction of sp³-hybridized carbons (Fsp3) is 0.833. The van der Waals surface area contributed by atoms with E-state index in [0.717, 1.165) is 6.42 Å². The summed E-state index contributed by atoms with van der Waals surface area (Å²) in [5.41, 5.74) is -0.218. The molecule has 0 saturated heterocycles. The molecule has 0 aliphatic heterocycles. The van der Waals surface area contributed by atoms with Crippen molar-refractivity contribution < 1.29 is 5.11 Å². The zero-order valence-corrected chi connectivity index (χ0v) is 9.19. The molecule has 1 heteroatoms. The monoisotopic (exact) mass is 182 g/mol. The van der Waals surface area contributed by atoms with Crippen LogP contribution < -0.4 is 0 Å². The molecule has 0 fully saturated rings. The Morgan fingerprint density at radius 1 is 1.15 bits per heavy atom. The Morgan fingerprint density at radius 2 is 1.85 bits per heavy atom. The van der Waals surface area contributed by atoms with E-state index in [4.69, 9.17) is 5.11 Å². The van der Waals surface area contributed by atoms with Gasteiger partial charge in [-0.1, -0.05) is 32.1 Å². The Labute approximate surface area is 82.5 Å². The number of rotatable bonds is 5. The Kier molecular flexibility index (Phi) is 6.72. The largest absolute Gasteiger partial charge is 0.395 e. The van der Waals surface area contributed by atoms with Crippen molar-refractivity contribution in [3.63, 3.8) is 0 Å². The van der Waals surface area contributed by atoms with Gasteiger partial charge in [-0.3, -0.25) is 0 Å². The molecule has 0 bridgehead atoms. The summed E-state index contributed by atoms with van der Waals surface area (Å²) in [6.45, 7) is 6.29. The molecule has 0 aliphatic rings. The highest BCUT2D eigenvalue weighted by Crippen LogP contribution is 2.11. The van der Waals surface area contributed by atoms with Crippen molar-refractivity contribution in [1.82, 2.24) is 0 Å². The molecule has 1 N–H and O–H groups in total. The van der Waals surface area contributed by atoms with Crippen LogP contribution in [0.1, 0.15) is 52.9 Å². The minimum absolute atomic E-state index is 0.148. The van der Waals surface area contributed by atoms with Gasteiger partial charge >= 0.3 is 0 Å². The van der Waals surface area contributed by atoms with E-state index in [1.807, 2.05) is 13.8 Å². The van der Waals surface area contributed by atoms with Crippen molar-refractivity contribution in [2.45, 2.75) is 52.9 Å². The lowest BCUT2D eigenvalue weighted by Crippen LogP contribution is -2.13. The van der Waals surface area contributed by atoms with Gasteiger partial charge in [-0.2, -0.15) is 0 Å². The quantitative estimate of drug-likeness (QED) is 0.512. The van der Waals surface area contributed by atoms with Gasteiger partial charge in [-0.05, 0) is 20.3 Å². The van der Waals surface area contributed by atoms with Crippen LogP contribution in [0.5, 0.6) is 0 Å². The van der Waals surface area contributed by atoms with Gasteiger partial charge in [0.2, 0.25) is 0 Å². The second kappa shape index (κ2) is 6.97. The second-order valence-corrected chi connectivity index (χ2v) is 4.15. The Hall–Kier alpha value is -0.480. The minimum atomic E-state index is -0.218. The topological polar surface area (TPSA) is 20.2 Å². The molecule has 0 unspecified atom stereocenters. The molecule has 0 atom stereocenters. The highest BCUT2D eigenvalue weighted by Gasteiger charge is 2.10. The van der Waals surface area contributed by atoms with Crippen LogP contribution in [-0.2, 0) is 0 Å². The van der Waals surface area contributed by atoms with Gasteiger partial charge in [0.15, 0.2) is 0 Å². The number of aliphatic hydroxyl groups is 1. The molecular weight excluding hydrogens is 160 g/mol. The summed E-state index contributed by atoms with van der Waals surface area (Å²) in [6, 6.07) is 0. The van der Waals surface area contributed by atoms with E-state index in [2.05, 4.69) is 18.8 Å². The lowest BCUT2D eigenvalue weighted by molar-refractivity contribution is 0.206. The van der Waals surface area contributed by atoms with E-state index < -0.39 is 0 Å². The first-order valence-corrected chi connectivity index (χ1v) is 5.23. The van der Waals surface area contributed by atoms with Gasteiger partial charge in [0.05, 0.1) is 6.61 Å². The van der Waals surface area contributed by atoms with E-state index in [9.17, 15) is 0 Å². The first-order valence-electron chi connectivity index (χ1n) is 5.23. The van der Waals surface area contributed by atoms with Crippen molar-refractivity contribution in [1.29, 1.82) is 0 Å². The third-order valence-electron chi connectivity index (χ3n) is 1.98. The van der Waals surface area contributed by atoms with Crippen LogP contribution in [0.3, 0.4) is 0 Å². The number of unbranched alkanes of at least 4 members (excludes halogenated alkanes) is 4. The highest BCUT2D eigenvalue weighted by molar-refractivity contribution is 5.08. The van der Waals surface area contributed by atoms with E-state index in [-0.39, 0.29) is 12.0 Å². The van der Waals surface area contributed by atoms with Crippen molar-refractivity contribution in [3.8, 4) is 11.8 Å². The summed E-state index contributed by atoms with van der Waals surface area (Å²) < 4.78 is 0. The molecule has 0 aromatic rings. The minimum Gasteiger partial charge on any atom is -0.395 e. The van der Waals surface area contributed by atoms with Gasteiger partial charge in [-0.25, -0.2) is 0 Å². The fourth-order valence-electron chi connectivity index (χ4n) is 0.981. The normalized spacial score (nSPS) is 10.8. The van der Waals surface area contributed by atoms with Crippen molar-refractivity contribution in [2.24, 2.45) is 5.41 Å². The van der Waals surface area contributed by atoms with Gasteiger partial charge in [0, 0.05) is 11.8 Å². The molecule has 0 saturated carbocycles. The lowest BCUT2D eigenvalue weighted by atomic mass is 9.96. The molecule has 1 nitrogen and oxygen atoms in total. The van der Waals surface area contributed by atoms with Crippen molar-refractivity contribution in [2.75, 3.05) is 6.61 Å². The average molecular weight is 182 g/mol. The summed E-state index contributed by atoms with van der Waals surface area (Å²) in [6.07, 6.45) is 6.04. The Bertz CT molecular complexity index is 171. The SMILES string of the molecule is CCCCCCC#CC(C)(C)CO. The van der Waals surface area contributed by atoms with E-state index in [0.29, 0.717) is 0 Å². The molecule has 0 radical (unpaired) electrons. The summed E-state index contributed by atoms with van der Waals surface area (Å²) in [5.74, 6) is 6.21. The molecule has 13 heavy (non-hydrogen) atoms. The zero-order valence-electron chi connectivity index (χ0n) is 9.19. The number of aliphatic hydroxyl groups excluding tert-OH is 1. The van der Waals surface area contributed by atoms with Crippen LogP contribution in [-0.4, -0.2) is 11.7 Å². The molecule has 0 heterocycles. The van der Waals surface area contributed by atoms with Crippen LogP contribution in [0.4, 0.5) is 0 Å². The molecule has 0 aromatic carbocycles. The third-order valence-corrected chi connectivity index (χ3v) is 1.98. The van der Waals surface area contributed by atoms with E-state index in [1.165, 1.54) is 25.7 Å². The Balaban J connectivity index is 3.50. The average Bonchev–Trinajstić information content (AvgIpc) is 2.11. The lowest BCUT2D eigenvalue weighted by Gasteiger charge is -2.11. The van der Waals surface area contributed by atoms with Crippen LogP contribution in [0.2, 0.25) is 0 Å². The van der Waals surface area contributed by atoms with Gasteiger partial charge in [0.1, 0.15) is 0 Å². The number of hydrogen-bond donors (Lipinski definition) is 1.